The Kier molecular flexibility index (Phi) is 7.23. The van der Waals surface area contributed by atoms with Crippen LogP contribution in [0.3, 0.4) is 0 Å². The predicted octanol–water partition coefficient (Wildman–Crippen LogP) is 4.50. The van der Waals surface area contributed by atoms with Crippen LogP contribution in [0.2, 0.25) is 5.02 Å². The summed E-state index contributed by atoms with van der Waals surface area (Å²) in [5.41, 5.74) is 0. The second-order valence-electron chi connectivity index (χ2n) is 4.73. The van der Waals surface area contributed by atoms with Crippen molar-refractivity contribution < 1.29 is 4.74 Å². The van der Waals surface area contributed by atoms with Crippen LogP contribution in [0.25, 0.3) is 0 Å². The first-order valence-corrected chi connectivity index (χ1v) is 7.95. The summed E-state index contributed by atoms with van der Waals surface area (Å²) < 4.78 is 5.93. The highest BCUT2D eigenvalue weighted by atomic mass is 35.5. The van der Waals surface area contributed by atoms with Crippen molar-refractivity contribution in [2.45, 2.75) is 46.3 Å². The van der Waals surface area contributed by atoms with Crippen LogP contribution in [0.1, 0.15) is 45.0 Å². The number of halogens is 1. The Morgan fingerprint density at radius 3 is 2.56 bits per heavy atom. The van der Waals surface area contributed by atoms with Crippen molar-refractivity contribution in [1.82, 2.24) is 5.32 Å². The lowest BCUT2D eigenvalue weighted by molar-refractivity contribution is 0.00370. The summed E-state index contributed by atoms with van der Waals surface area (Å²) in [7, 11) is 0. The number of ether oxygens (including phenoxy) is 1. The molecule has 0 spiro atoms. The summed E-state index contributed by atoms with van der Waals surface area (Å²) in [5.74, 6) is 0.456. The van der Waals surface area contributed by atoms with Crippen LogP contribution in [0.15, 0.2) is 11.4 Å². The normalized spacial score (nSPS) is 15.0. The van der Waals surface area contributed by atoms with Crippen molar-refractivity contribution >= 4 is 22.9 Å². The number of hydrogen-bond donors (Lipinski definition) is 1. The molecular formula is C14H24ClNOS. The van der Waals surface area contributed by atoms with Gasteiger partial charge < -0.3 is 10.1 Å². The highest BCUT2D eigenvalue weighted by Crippen LogP contribution is 2.34. The van der Waals surface area contributed by atoms with Gasteiger partial charge in [0.05, 0.1) is 17.2 Å². The van der Waals surface area contributed by atoms with Crippen LogP contribution in [0, 0.1) is 5.92 Å². The maximum Gasteiger partial charge on any atom is 0.0800 e. The second-order valence-corrected chi connectivity index (χ2v) is 6.08. The quantitative estimate of drug-likeness (QED) is 0.760. The van der Waals surface area contributed by atoms with Crippen LogP contribution >= 0.6 is 22.9 Å². The molecule has 0 radical (unpaired) electrons. The zero-order valence-electron chi connectivity index (χ0n) is 11.7. The van der Waals surface area contributed by atoms with Crippen molar-refractivity contribution in [3.05, 3.63) is 21.3 Å². The number of rotatable bonds is 8. The first-order valence-electron chi connectivity index (χ1n) is 6.69. The zero-order valence-corrected chi connectivity index (χ0v) is 13.3. The molecule has 1 heterocycles. The van der Waals surface area contributed by atoms with Crippen LogP contribution < -0.4 is 5.32 Å². The molecule has 0 aliphatic carbocycles. The van der Waals surface area contributed by atoms with E-state index in [1.165, 1.54) is 4.88 Å². The Bertz CT molecular complexity index is 340. The van der Waals surface area contributed by atoms with Gasteiger partial charge in [0.1, 0.15) is 0 Å². The molecule has 2 nitrogen and oxygen atoms in total. The summed E-state index contributed by atoms with van der Waals surface area (Å²) in [6.07, 6.45) is 1.27. The molecule has 2 unspecified atom stereocenters. The highest BCUT2D eigenvalue weighted by Gasteiger charge is 2.28. The SMILES string of the molecule is CCCNC(c1sccc1Cl)C(OCC)C(C)C. The summed E-state index contributed by atoms with van der Waals surface area (Å²) in [6, 6.07) is 2.16. The van der Waals surface area contributed by atoms with E-state index < -0.39 is 0 Å². The molecule has 0 bridgehead atoms. The van der Waals surface area contributed by atoms with Crippen molar-refractivity contribution in [2.24, 2.45) is 5.92 Å². The Morgan fingerprint density at radius 2 is 2.11 bits per heavy atom. The van der Waals surface area contributed by atoms with Gasteiger partial charge in [-0.3, -0.25) is 0 Å². The monoisotopic (exact) mass is 289 g/mol. The van der Waals surface area contributed by atoms with Crippen LogP contribution in [-0.2, 0) is 4.74 Å². The third-order valence-corrected chi connectivity index (χ3v) is 4.33. The fourth-order valence-electron chi connectivity index (χ4n) is 2.05. The van der Waals surface area contributed by atoms with E-state index in [1.54, 1.807) is 11.3 Å². The van der Waals surface area contributed by atoms with Crippen molar-refractivity contribution in [3.63, 3.8) is 0 Å². The third-order valence-electron chi connectivity index (χ3n) is 2.89. The van der Waals surface area contributed by atoms with Crippen molar-refractivity contribution in [3.8, 4) is 0 Å². The zero-order chi connectivity index (χ0) is 13.5. The summed E-state index contributed by atoms with van der Waals surface area (Å²) in [6.45, 7) is 10.3. The average Bonchev–Trinajstić information content (AvgIpc) is 2.74. The van der Waals surface area contributed by atoms with E-state index in [0.29, 0.717) is 5.92 Å². The number of thiophene rings is 1. The van der Waals surface area contributed by atoms with E-state index in [4.69, 9.17) is 16.3 Å². The highest BCUT2D eigenvalue weighted by molar-refractivity contribution is 7.10. The Labute approximate surface area is 120 Å². The van der Waals surface area contributed by atoms with Crippen molar-refractivity contribution in [1.29, 1.82) is 0 Å². The Hall–Kier alpha value is -0.0900. The van der Waals surface area contributed by atoms with Gasteiger partial charge in [-0.1, -0.05) is 32.4 Å². The van der Waals surface area contributed by atoms with Gasteiger partial charge in [0.25, 0.3) is 0 Å². The van der Waals surface area contributed by atoms with Gasteiger partial charge in [-0.25, -0.2) is 0 Å². The molecular weight excluding hydrogens is 266 g/mol. The van der Waals surface area contributed by atoms with Gasteiger partial charge in [-0.15, -0.1) is 11.3 Å². The van der Waals surface area contributed by atoms with E-state index >= 15 is 0 Å². The van der Waals surface area contributed by atoms with Gasteiger partial charge in [0.2, 0.25) is 0 Å². The topological polar surface area (TPSA) is 21.3 Å². The van der Waals surface area contributed by atoms with E-state index in [9.17, 15) is 0 Å². The molecule has 4 heteroatoms. The average molecular weight is 290 g/mol. The standard InChI is InChI=1S/C14H24ClNOS/c1-5-8-16-12(13(10(3)4)17-6-2)14-11(15)7-9-18-14/h7,9-10,12-13,16H,5-6,8H2,1-4H3. The molecule has 1 rings (SSSR count). The fourth-order valence-corrected chi connectivity index (χ4v) is 3.34. The van der Waals surface area contributed by atoms with Crippen LogP contribution in [0.4, 0.5) is 0 Å². The molecule has 0 saturated heterocycles. The largest absolute Gasteiger partial charge is 0.376 e. The minimum atomic E-state index is 0.165. The van der Waals surface area contributed by atoms with Gasteiger partial charge in [-0.05, 0) is 37.3 Å². The summed E-state index contributed by atoms with van der Waals surface area (Å²) >= 11 is 7.98. The lowest BCUT2D eigenvalue weighted by Crippen LogP contribution is -2.37. The molecule has 0 fully saturated rings. The molecule has 1 aromatic heterocycles. The van der Waals surface area contributed by atoms with E-state index in [1.807, 2.05) is 18.4 Å². The molecule has 104 valence electrons. The number of nitrogens with one attached hydrogen (secondary N) is 1. The lowest BCUT2D eigenvalue weighted by Gasteiger charge is -2.30. The Morgan fingerprint density at radius 1 is 1.39 bits per heavy atom. The van der Waals surface area contributed by atoms with E-state index in [0.717, 1.165) is 24.6 Å². The lowest BCUT2D eigenvalue weighted by atomic mass is 9.98. The molecule has 0 saturated carbocycles. The minimum absolute atomic E-state index is 0.165. The molecule has 0 aliphatic rings. The molecule has 0 amide bonds. The van der Waals surface area contributed by atoms with E-state index in [2.05, 4.69) is 26.1 Å². The fraction of sp³-hybridized carbons (Fsp3) is 0.714. The molecule has 1 N–H and O–H groups in total. The molecule has 18 heavy (non-hydrogen) atoms. The van der Waals surface area contributed by atoms with Crippen LogP contribution in [-0.4, -0.2) is 19.3 Å². The summed E-state index contributed by atoms with van der Waals surface area (Å²) in [5, 5.41) is 6.47. The van der Waals surface area contributed by atoms with Gasteiger partial charge in [0, 0.05) is 11.5 Å². The summed E-state index contributed by atoms with van der Waals surface area (Å²) in [4.78, 5) is 1.19. The molecule has 0 aromatic carbocycles. The number of hydrogen-bond acceptors (Lipinski definition) is 3. The first kappa shape index (κ1) is 16.0. The second kappa shape index (κ2) is 8.16. The van der Waals surface area contributed by atoms with Crippen LogP contribution in [0.5, 0.6) is 0 Å². The first-order chi connectivity index (χ1) is 8.61. The van der Waals surface area contributed by atoms with Crippen molar-refractivity contribution in [2.75, 3.05) is 13.2 Å². The van der Waals surface area contributed by atoms with E-state index in [-0.39, 0.29) is 12.1 Å². The molecule has 2 atom stereocenters. The molecule has 0 aliphatic heterocycles. The third kappa shape index (κ3) is 4.23. The van der Waals surface area contributed by atoms with Gasteiger partial charge in [0.15, 0.2) is 0 Å². The molecule has 1 aromatic rings. The predicted molar refractivity (Wildman–Crippen MR) is 80.6 cm³/mol. The van der Waals surface area contributed by atoms with Gasteiger partial charge >= 0.3 is 0 Å². The minimum Gasteiger partial charge on any atom is -0.376 e. The van der Waals surface area contributed by atoms with Gasteiger partial charge in [-0.2, -0.15) is 0 Å². The maximum absolute atomic E-state index is 6.28. The maximum atomic E-state index is 6.28. The smallest absolute Gasteiger partial charge is 0.0800 e. The Balaban J connectivity index is 2.91.